The van der Waals surface area contributed by atoms with E-state index in [4.69, 9.17) is 9.47 Å². The van der Waals surface area contributed by atoms with E-state index in [1.165, 1.54) is 23.5 Å². The first-order valence-corrected chi connectivity index (χ1v) is 12.8. The number of sulfonamides is 1. The van der Waals surface area contributed by atoms with Gasteiger partial charge in [-0.2, -0.15) is 4.31 Å². The summed E-state index contributed by atoms with van der Waals surface area (Å²) in [5.41, 5.74) is 1.37. The zero-order valence-electron chi connectivity index (χ0n) is 19.4. The highest BCUT2D eigenvalue weighted by Gasteiger charge is 2.29. The van der Waals surface area contributed by atoms with Gasteiger partial charge in [0.05, 0.1) is 18.6 Å². The van der Waals surface area contributed by atoms with Gasteiger partial charge < -0.3 is 9.47 Å². The van der Waals surface area contributed by atoms with Gasteiger partial charge >= 0.3 is 0 Å². The fourth-order valence-electron chi connectivity index (χ4n) is 4.09. The minimum atomic E-state index is -3.60. The summed E-state index contributed by atoms with van der Waals surface area (Å²) in [7, 11) is -2.10. The lowest BCUT2D eigenvalue weighted by molar-refractivity contribution is 0.0525. The zero-order valence-corrected chi connectivity index (χ0v) is 20.3. The maximum Gasteiger partial charge on any atom is 0.243 e. The molecule has 35 heavy (non-hydrogen) atoms. The molecule has 1 heterocycles. The first kappa shape index (κ1) is 25.2. The minimum Gasteiger partial charge on any atom is -0.497 e. The summed E-state index contributed by atoms with van der Waals surface area (Å²) in [4.78, 5) is 2.34. The number of halogens is 2. The molecule has 6 nitrogen and oxygen atoms in total. The van der Waals surface area contributed by atoms with Crippen molar-refractivity contribution in [3.05, 3.63) is 95.6 Å². The molecule has 1 saturated heterocycles. The molecule has 3 aromatic carbocycles. The Balaban J connectivity index is 1.35. The fraction of sp³-hybridized carbons (Fsp3) is 0.308. The summed E-state index contributed by atoms with van der Waals surface area (Å²) in [6.07, 6.45) is -0.541. The largest absolute Gasteiger partial charge is 0.497 e. The fourth-order valence-corrected chi connectivity index (χ4v) is 5.55. The number of piperazine rings is 1. The molecule has 0 unspecified atom stereocenters. The van der Waals surface area contributed by atoms with E-state index in [2.05, 4.69) is 4.90 Å². The summed E-state index contributed by atoms with van der Waals surface area (Å²) >= 11 is 0. The van der Waals surface area contributed by atoms with Crippen LogP contribution in [0.3, 0.4) is 0 Å². The average Bonchev–Trinajstić information content (AvgIpc) is 2.89. The first-order chi connectivity index (χ1) is 16.9. The van der Waals surface area contributed by atoms with Gasteiger partial charge in [0.1, 0.15) is 11.9 Å². The van der Waals surface area contributed by atoms with Crippen LogP contribution in [0.4, 0.5) is 8.78 Å². The minimum absolute atomic E-state index is 0.214. The van der Waals surface area contributed by atoms with E-state index in [-0.39, 0.29) is 4.90 Å². The van der Waals surface area contributed by atoms with E-state index in [1.807, 2.05) is 30.3 Å². The molecule has 0 bridgehead atoms. The third-order valence-corrected chi connectivity index (χ3v) is 7.95. The van der Waals surface area contributed by atoms with E-state index >= 15 is 0 Å². The van der Waals surface area contributed by atoms with Gasteiger partial charge in [-0.15, -0.1) is 0 Å². The maximum absolute atomic E-state index is 13.9. The molecule has 1 atom stereocenters. The van der Waals surface area contributed by atoms with E-state index in [0.717, 1.165) is 17.7 Å². The van der Waals surface area contributed by atoms with Crippen molar-refractivity contribution in [1.29, 1.82) is 0 Å². The molecule has 0 radical (unpaired) electrons. The standard InChI is InChI=1S/C26H28F2N2O4S/c1-33-22-8-5-9-23(19-22)35(31,32)30-14-12-29(13-15-30)16-17-34-26(20-6-3-2-4-7-20)21-10-11-24(27)25(28)18-21/h2-11,18-19,26H,12-17H2,1H3/t26-/m0/s1. The number of hydrogen-bond donors (Lipinski definition) is 0. The lowest BCUT2D eigenvalue weighted by Crippen LogP contribution is -2.49. The van der Waals surface area contributed by atoms with Gasteiger partial charge in [0.2, 0.25) is 10.0 Å². The Labute approximate surface area is 204 Å². The highest BCUT2D eigenvalue weighted by Crippen LogP contribution is 2.27. The highest BCUT2D eigenvalue weighted by molar-refractivity contribution is 7.89. The molecular formula is C26H28F2N2O4S. The van der Waals surface area contributed by atoms with Crippen LogP contribution in [0.15, 0.2) is 77.7 Å². The van der Waals surface area contributed by atoms with Crippen molar-refractivity contribution in [3.8, 4) is 5.75 Å². The molecule has 1 aliphatic rings. The highest BCUT2D eigenvalue weighted by atomic mass is 32.2. The summed E-state index contributed by atoms with van der Waals surface area (Å²) < 4.78 is 66.1. The van der Waals surface area contributed by atoms with Crippen LogP contribution in [-0.2, 0) is 14.8 Å². The van der Waals surface area contributed by atoms with Gasteiger partial charge in [-0.05, 0) is 35.4 Å². The summed E-state index contributed by atoms with van der Waals surface area (Å²) in [6, 6.07) is 19.6. The molecule has 0 amide bonds. The predicted octanol–water partition coefficient (Wildman–Crippen LogP) is 4.09. The number of benzene rings is 3. The zero-order chi connectivity index (χ0) is 24.8. The predicted molar refractivity (Wildman–Crippen MR) is 129 cm³/mol. The first-order valence-electron chi connectivity index (χ1n) is 11.4. The molecule has 4 rings (SSSR count). The number of rotatable bonds is 9. The molecule has 0 aliphatic carbocycles. The summed E-state index contributed by atoms with van der Waals surface area (Å²) in [6.45, 7) is 2.79. The van der Waals surface area contributed by atoms with E-state index in [1.54, 1.807) is 18.2 Å². The second-order valence-electron chi connectivity index (χ2n) is 8.26. The van der Waals surface area contributed by atoms with E-state index in [0.29, 0.717) is 50.6 Å². The average molecular weight is 503 g/mol. The van der Waals surface area contributed by atoms with Crippen molar-refractivity contribution < 1.29 is 26.7 Å². The van der Waals surface area contributed by atoms with Crippen LogP contribution < -0.4 is 4.74 Å². The monoisotopic (exact) mass is 502 g/mol. The molecule has 3 aromatic rings. The van der Waals surface area contributed by atoms with Crippen LogP contribution in [0.5, 0.6) is 5.75 Å². The van der Waals surface area contributed by atoms with Gasteiger partial charge in [-0.3, -0.25) is 4.90 Å². The van der Waals surface area contributed by atoms with Crippen LogP contribution in [0, 0.1) is 11.6 Å². The second kappa shape index (κ2) is 11.3. The van der Waals surface area contributed by atoms with Crippen molar-refractivity contribution in [3.63, 3.8) is 0 Å². The van der Waals surface area contributed by atoms with Gasteiger partial charge in [-0.1, -0.05) is 42.5 Å². The second-order valence-corrected chi connectivity index (χ2v) is 10.2. The van der Waals surface area contributed by atoms with Crippen LogP contribution in [0.2, 0.25) is 0 Å². The SMILES string of the molecule is COc1cccc(S(=O)(=O)N2CCN(CCO[C@@H](c3ccccc3)c3ccc(F)c(F)c3)CC2)c1. The number of hydrogen-bond acceptors (Lipinski definition) is 5. The summed E-state index contributed by atoms with van der Waals surface area (Å²) in [5.74, 6) is -1.32. The lowest BCUT2D eigenvalue weighted by Gasteiger charge is -2.34. The van der Waals surface area contributed by atoms with Crippen LogP contribution in [0.25, 0.3) is 0 Å². The molecule has 0 saturated carbocycles. The van der Waals surface area contributed by atoms with Gasteiger partial charge in [0.25, 0.3) is 0 Å². The number of nitrogens with zero attached hydrogens (tertiary/aromatic N) is 2. The quantitative estimate of drug-likeness (QED) is 0.441. The van der Waals surface area contributed by atoms with Crippen LogP contribution in [-0.4, -0.2) is 64.1 Å². The lowest BCUT2D eigenvalue weighted by atomic mass is 10.0. The molecule has 186 valence electrons. The Kier molecular flexibility index (Phi) is 8.12. The van der Waals surface area contributed by atoms with Crippen molar-refractivity contribution in [2.45, 2.75) is 11.0 Å². The summed E-state index contributed by atoms with van der Waals surface area (Å²) in [5, 5.41) is 0. The smallest absolute Gasteiger partial charge is 0.243 e. The molecule has 9 heteroatoms. The van der Waals surface area contributed by atoms with Crippen molar-refractivity contribution in [2.24, 2.45) is 0 Å². The Bertz CT molecular complexity index is 1230. The Morgan fingerprint density at radius 1 is 0.857 bits per heavy atom. The van der Waals surface area contributed by atoms with Gasteiger partial charge in [0, 0.05) is 38.8 Å². The Morgan fingerprint density at radius 2 is 1.60 bits per heavy atom. The Morgan fingerprint density at radius 3 is 2.29 bits per heavy atom. The topological polar surface area (TPSA) is 59.1 Å². The van der Waals surface area contributed by atoms with Crippen molar-refractivity contribution >= 4 is 10.0 Å². The van der Waals surface area contributed by atoms with E-state index in [9.17, 15) is 17.2 Å². The van der Waals surface area contributed by atoms with Crippen LogP contribution >= 0.6 is 0 Å². The number of methoxy groups -OCH3 is 1. The third-order valence-electron chi connectivity index (χ3n) is 6.05. The Hall–Kier alpha value is -2.85. The molecule has 0 spiro atoms. The molecule has 1 aliphatic heterocycles. The number of ether oxygens (including phenoxy) is 2. The maximum atomic E-state index is 13.9. The normalized spacial score (nSPS) is 16.2. The van der Waals surface area contributed by atoms with Gasteiger partial charge in [0.15, 0.2) is 11.6 Å². The van der Waals surface area contributed by atoms with Crippen molar-refractivity contribution in [1.82, 2.24) is 9.21 Å². The molecular weight excluding hydrogens is 474 g/mol. The molecule has 0 aromatic heterocycles. The van der Waals surface area contributed by atoms with E-state index < -0.39 is 27.8 Å². The van der Waals surface area contributed by atoms with Crippen molar-refractivity contribution in [2.75, 3.05) is 46.4 Å². The molecule has 0 N–H and O–H groups in total. The van der Waals surface area contributed by atoms with Crippen LogP contribution in [0.1, 0.15) is 17.2 Å². The third kappa shape index (κ3) is 6.05. The van der Waals surface area contributed by atoms with Gasteiger partial charge in [-0.25, -0.2) is 17.2 Å². The molecule has 1 fully saturated rings.